The zero-order chi connectivity index (χ0) is 15.9. The number of benzene rings is 1. The predicted molar refractivity (Wildman–Crippen MR) is 78.8 cm³/mol. The van der Waals surface area contributed by atoms with Crippen molar-refractivity contribution in [2.24, 2.45) is 11.5 Å². The minimum absolute atomic E-state index is 0.244. The lowest BCUT2D eigenvalue weighted by Gasteiger charge is -2.25. The molecule has 0 amide bonds. The molecule has 1 aromatic rings. The highest BCUT2D eigenvalue weighted by atomic mass is 16.4. The van der Waals surface area contributed by atoms with Gasteiger partial charge in [0.25, 0.3) is 0 Å². The summed E-state index contributed by atoms with van der Waals surface area (Å²) < 4.78 is 0. The van der Waals surface area contributed by atoms with Crippen molar-refractivity contribution in [3.05, 3.63) is 35.9 Å². The van der Waals surface area contributed by atoms with E-state index in [2.05, 4.69) is 0 Å². The molecule has 1 aromatic carbocycles. The first-order chi connectivity index (χ1) is 9.85. The van der Waals surface area contributed by atoms with Crippen molar-refractivity contribution >= 4 is 11.9 Å². The maximum atomic E-state index is 11.4. The molecule has 0 saturated heterocycles. The van der Waals surface area contributed by atoms with Crippen LogP contribution < -0.4 is 11.5 Å². The van der Waals surface area contributed by atoms with Crippen LogP contribution in [0.25, 0.3) is 0 Å². The fourth-order valence-corrected chi connectivity index (χ4v) is 2.16. The first-order valence-corrected chi connectivity index (χ1v) is 6.90. The third-order valence-corrected chi connectivity index (χ3v) is 3.49. The summed E-state index contributed by atoms with van der Waals surface area (Å²) in [6.07, 6.45) is 1.90. The van der Waals surface area contributed by atoms with Gasteiger partial charge in [0.1, 0.15) is 11.6 Å². The molecule has 0 spiro atoms. The van der Waals surface area contributed by atoms with Crippen molar-refractivity contribution in [1.29, 1.82) is 0 Å². The Balaban J connectivity index is 2.53. The quantitative estimate of drug-likeness (QED) is 0.503. The van der Waals surface area contributed by atoms with E-state index in [0.29, 0.717) is 19.3 Å². The second-order valence-electron chi connectivity index (χ2n) is 5.31. The Morgan fingerprint density at radius 2 is 1.76 bits per heavy atom. The van der Waals surface area contributed by atoms with E-state index in [0.717, 1.165) is 5.56 Å². The highest BCUT2D eigenvalue weighted by Gasteiger charge is 2.33. The molecule has 6 heteroatoms. The zero-order valence-electron chi connectivity index (χ0n) is 11.9. The van der Waals surface area contributed by atoms with Crippen molar-refractivity contribution in [3.63, 3.8) is 0 Å². The summed E-state index contributed by atoms with van der Waals surface area (Å²) >= 11 is 0. The van der Waals surface area contributed by atoms with Crippen LogP contribution >= 0.6 is 0 Å². The van der Waals surface area contributed by atoms with E-state index in [9.17, 15) is 14.7 Å². The third kappa shape index (κ3) is 5.53. The van der Waals surface area contributed by atoms with Gasteiger partial charge in [-0.2, -0.15) is 0 Å². The molecule has 0 saturated carbocycles. The fraction of sp³-hybridized carbons (Fsp3) is 0.467. The van der Waals surface area contributed by atoms with Crippen molar-refractivity contribution < 1.29 is 19.8 Å². The Morgan fingerprint density at radius 3 is 2.29 bits per heavy atom. The van der Waals surface area contributed by atoms with Gasteiger partial charge in [0.05, 0.1) is 0 Å². The molecule has 0 fully saturated rings. The summed E-state index contributed by atoms with van der Waals surface area (Å²) in [4.78, 5) is 22.0. The van der Waals surface area contributed by atoms with Crippen LogP contribution in [0.2, 0.25) is 0 Å². The Bertz CT molecular complexity index is 478. The number of carboxylic acid groups (broad SMARTS) is 2. The SMILES string of the molecule is N[C@@H](CCCC[C@@](N)(Cc1ccccc1)C(=O)O)C(=O)O. The molecule has 0 aromatic heterocycles. The van der Waals surface area contributed by atoms with Crippen molar-refractivity contribution in [1.82, 2.24) is 0 Å². The molecule has 0 bridgehead atoms. The lowest BCUT2D eigenvalue weighted by molar-refractivity contribution is -0.144. The molecular formula is C15H22N2O4. The Morgan fingerprint density at radius 1 is 1.14 bits per heavy atom. The Labute approximate surface area is 123 Å². The molecule has 6 nitrogen and oxygen atoms in total. The van der Waals surface area contributed by atoms with Crippen molar-refractivity contribution in [2.45, 2.75) is 43.7 Å². The van der Waals surface area contributed by atoms with Gasteiger partial charge in [0, 0.05) is 6.42 Å². The largest absolute Gasteiger partial charge is 0.480 e. The molecular weight excluding hydrogens is 272 g/mol. The number of aliphatic carboxylic acids is 2. The highest BCUT2D eigenvalue weighted by Crippen LogP contribution is 2.19. The first kappa shape index (κ1) is 17.1. The molecule has 0 radical (unpaired) electrons. The molecule has 1 rings (SSSR count). The summed E-state index contributed by atoms with van der Waals surface area (Å²) in [5.74, 6) is -2.09. The summed E-state index contributed by atoms with van der Waals surface area (Å²) in [5.41, 5.74) is 10.9. The Kier molecular flexibility index (Phi) is 6.33. The lowest BCUT2D eigenvalue weighted by atomic mass is 9.86. The summed E-state index contributed by atoms with van der Waals surface area (Å²) in [6, 6.07) is 8.30. The molecule has 21 heavy (non-hydrogen) atoms. The van der Waals surface area contributed by atoms with Crippen LogP contribution in [0.15, 0.2) is 30.3 Å². The van der Waals surface area contributed by atoms with Gasteiger partial charge in [-0.05, 0) is 18.4 Å². The smallest absolute Gasteiger partial charge is 0.324 e. The van der Waals surface area contributed by atoms with Gasteiger partial charge in [-0.15, -0.1) is 0 Å². The molecule has 6 N–H and O–H groups in total. The monoisotopic (exact) mass is 294 g/mol. The fourth-order valence-electron chi connectivity index (χ4n) is 2.16. The number of hydrogen-bond acceptors (Lipinski definition) is 4. The van der Waals surface area contributed by atoms with Gasteiger partial charge in [0.15, 0.2) is 0 Å². The summed E-state index contributed by atoms with van der Waals surface area (Å²) in [5, 5.41) is 18.0. The molecule has 2 atom stereocenters. The number of hydrogen-bond donors (Lipinski definition) is 4. The van der Waals surface area contributed by atoms with Crippen molar-refractivity contribution in [3.8, 4) is 0 Å². The van der Waals surface area contributed by atoms with Crippen LogP contribution in [0.5, 0.6) is 0 Å². The molecule has 116 valence electrons. The van der Waals surface area contributed by atoms with E-state index in [1.54, 1.807) is 0 Å². The molecule has 0 aliphatic rings. The second kappa shape index (κ2) is 7.75. The average molecular weight is 294 g/mol. The highest BCUT2D eigenvalue weighted by molar-refractivity contribution is 5.79. The summed E-state index contributed by atoms with van der Waals surface area (Å²) in [7, 11) is 0. The maximum absolute atomic E-state index is 11.4. The second-order valence-corrected chi connectivity index (χ2v) is 5.31. The molecule has 0 unspecified atom stereocenters. The van der Waals surface area contributed by atoms with Crippen molar-refractivity contribution in [2.75, 3.05) is 0 Å². The van der Waals surface area contributed by atoms with E-state index >= 15 is 0 Å². The Hall–Kier alpha value is -1.92. The minimum Gasteiger partial charge on any atom is -0.480 e. The van der Waals surface area contributed by atoms with Gasteiger partial charge >= 0.3 is 11.9 Å². The summed E-state index contributed by atoms with van der Waals surface area (Å²) in [6.45, 7) is 0. The van der Waals surface area contributed by atoms with Crippen LogP contribution in [0.1, 0.15) is 31.2 Å². The van der Waals surface area contributed by atoms with E-state index in [1.807, 2.05) is 30.3 Å². The molecule has 0 aliphatic carbocycles. The van der Waals surface area contributed by atoms with Gasteiger partial charge in [-0.3, -0.25) is 9.59 Å². The maximum Gasteiger partial charge on any atom is 0.324 e. The first-order valence-electron chi connectivity index (χ1n) is 6.90. The van der Waals surface area contributed by atoms with E-state index in [1.165, 1.54) is 0 Å². The standard InChI is InChI=1S/C15H22N2O4/c16-12(13(18)19)8-4-5-9-15(17,14(20)21)10-11-6-2-1-3-7-11/h1-3,6-7,12H,4-5,8-10,16-17H2,(H,18,19)(H,20,21)/t12-,15+/m0/s1. The van der Waals surface area contributed by atoms with Gasteiger partial charge in [-0.1, -0.05) is 43.2 Å². The van der Waals surface area contributed by atoms with E-state index in [-0.39, 0.29) is 12.8 Å². The lowest BCUT2D eigenvalue weighted by Crippen LogP contribution is -2.50. The molecule has 0 heterocycles. The number of nitrogens with two attached hydrogens (primary N) is 2. The topological polar surface area (TPSA) is 127 Å². The van der Waals surface area contributed by atoms with Gasteiger partial charge < -0.3 is 21.7 Å². The van der Waals surface area contributed by atoms with Crippen LogP contribution in [0, 0.1) is 0 Å². The number of carbonyl (C=O) groups is 2. The number of carboxylic acids is 2. The van der Waals surface area contributed by atoms with Gasteiger partial charge in [-0.25, -0.2) is 0 Å². The van der Waals surface area contributed by atoms with Crippen LogP contribution in [0.4, 0.5) is 0 Å². The zero-order valence-corrected chi connectivity index (χ0v) is 11.9. The predicted octanol–water partition coefficient (Wildman–Crippen LogP) is 0.983. The number of unbranched alkanes of at least 4 members (excludes halogenated alkanes) is 1. The van der Waals surface area contributed by atoms with Gasteiger partial charge in [0.2, 0.25) is 0 Å². The minimum atomic E-state index is -1.34. The van der Waals surface area contributed by atoms with Crippen LogP contribution in [0.3, 0.4) is 0 Å². The molecule has 0 aliphatic heterocycles. The third-order valence-electron chi connectivity index (χ3n) is 3.49. The normalized spacial score (nSPS) is 15.1. The van der Waals surface area contributed by atoms with Crippen LogP contribution in [-0.4, -0.2) is 33.7 Å². The van der Waals surface area contributed by atoms with Crippen LogP contribution in [-0.2, 0) is 16.0 Å². The van der Waals surface area contributed by atoms with E-state index in [4.69, 9.17) is 16.6 Å². The number of rotatable bonds is 9. The van der Waals surface area contributed by atoms with E-state index < -0.39 is 23.5 Å². The average Bonchev–Trinajstić information content (AvgIpc) is 2.44.